The molecule has 0 saturated heterocycles. The molecular formula is C15H16F6O3S. The first kappa shape index (κ1) is 20.0. The van der Waals surface area contributed by atoms with E-state index in [4.69, 9.17) is 4.18 Å². The van der Waals surface area contributed by atoms with Crippen LogP contribution in [0.5, 0.6) is 0 Å². The van der Waals surface area contributed by atoms with E-state index in [1.54, 1.807) is 6.92 Å². The SMILES string of the molecule is Cc1ccc(S(=O)(=O)OC2CC(C(F)(F)F)CC(C(F)(F)F)C2)cc1. The van der Waals surface area contributed by atoms with Crippen molar-refractivity contribution >= 4 is 10.1 Å². The molecule has 0 aliphatic heterocycles. The molecule has 1 saturated carbocycles. The molecule has 0 aromatic heterocycles. The van der Waals surface area contributed by atoms with E-state index in [1.807, 2.05) is 0 Å². The predicted octanol–water partition coefficient (Wildman–Crippen LogP) is 4.61. The lowest BCUT2D eigenvalue weighted by atomic mass is 9.79. The Morgan fingerprint density at radius 2 is 1.32 bits per heavy atom. The highest BCUT2D eigenvalue weighted by molar-refractivity contribution is 7.86. The molecule has 2 unspecified atom stereocenters. The summed E-state index contributed by atoms with van der Waals surface area (Å²) >= 11 is 0. The summed E-state index contributed by atoms with van der Waals surface area (Å²) in [7, 11) is -4.45. The van der Waals surface area contributed by atoms with E-state index < -0.39 is 59.7 Å². The number of aryl methyl sites for hydroxylation is 1. The van der Waals surface area contributed by atoms with Crippen LogP contribution in [-0.4, -0.2) is 26.9 Å². The Morgan fingerprint density at radius 1 is 0.880 bits per heavy atom. The van der Waals surface area contributed by atoms with Gasteiger partial charge in [0.1, 0.15) is 0 Å². The molecule has 2 rings (SSSR count). The third-order valence-corrected chi connectivity index (χ3v) is 5.54. The van der Waals surface area contributed by atoms with Gasteiger partial charge in [-0.05, 0) is 38.3 Å². The Morgan fingerprint density at radius 3 is 1.72 bits per heavy atom. The van der Waals surface area contributed by atoms with Crippen molar-refractivity contribution in [1.29, 1.82) is 0 Å². The number of hydrogen-bond acceptors (Lipinski definition) is 3. The Hall–Kier alpha value is -1.29. The summed E-state index contributed by atoms with van der Waals surface area (Å²) in [5.41, 5.74) is 0.742. The van der Waals surface area contributed by atoms with Crippen molar-refractivity contribution in [1.82, 2.24) is 0 Å². The maximum absolute atomic E-state index is 12.9. The van der Waals surface area contributed by atoms with Crippen LogP contribution in [0.1, 0.15) is 24.8 Å². The standard InChI is InChI=1S/C15H16F6O3S/c1-9-2-4-13(5-3-9)25(22,23)24-12-7-10(14(16,17)18)6-11(8-12)15(19,20)21/h2-5,10-12H,6-8H2,1H3. The molecule has 1 aliphatic rings. The summed E-state index contributed by atoms with van der Waals surface area (Å²) in [5.74, 6) is -4.52. The van der Waals surface area contributed by atoms with Crippen LogP contribution in [0.4, 0.5) is 26.3 Å². The lowest BCUT2D eigenvalue weighted by Gasteiger charge is -2.36. The van der Waals surface area contributed by atoms with Crippen LogP contribution in [0, 0.1) is 18.8 Å². The van der Waals surface area contributed by atoms with Crippen LogP contribution >= 0.6 is 0 Å². The minimum atomic E-state index is -4.85. The van der Waals surface area contributed by atoms with Crippen LogP contribution in [-0.2, 0) is 14.3 Å². The minimum Gasteiger partial charge on any atom is -0.263 e. The molecule has 10 heteroatoms. The topological polar surface area (TPSA) is 43.4 Å². The second-order valence-corrected chi connectivity index (χ2v) is 7.74. The molecule has 0 heterocycles. The third kappa shape index (κ3) is 5.10. The maximum atomic E-state index is 12.9. The van der Waals surface area contributed by atoms with Gasteiger partial charge in [0.2, 0.25) is 0 Å². The predicted molar refractivity (Wildman–Crippen MR) is 76.2 cm³/mol. The normalized spacial score (nSPS) is 25.8. The van der Waals surface area contributed by atoms with Gasteiger partial charge in [-0.1, -0.05) is 17.7 Å². The van der Waals surface area contributed by atoms with Gasteiger partial charge >= 0.3 is 12.4 Å². The van der Waals surface area contributed by atoms with E-state index in [2.05, 4.69) is 0 Å². The van der Waals surface area contributed by atoms with E-state index in [1.165, 1.54) is 24.3 Å². The Bertz CT molecular complexity index is 671. The van der Waals surface area contributed by atoms with Gasteiger partial charge in [-0.3, -0.25) is 4.18 Å². The van der Waals surface area contributed by atoms with Crippen molar-refractivity contribution < 1.29 is 38.9 Å². The van der Waals surface area contributed by atoms with Gasteiger partial charge in [0, 0.05) is 0 Å². The first-order valence-corrected chi connectivity index (χ1v) is 8.83. The van der Waals surface area contributed by atoms with Gasteiger partial charge in [0.25, 0.3) is 10.1 Å². The van der Waals surface area contributed by atoms with E-state index in [-0.39, 0.29) is 4.90 Å². The zero-order valence-electron chi connectivity index (χ0n) is 13.1. The number of halogens is 6. The Labute approximate surface area is 141 Å². The van der Waals surface area contributed by atoms with Gasteiger partial charge in [0.15, 0.2) is 0 Å². The molecule has 0 N–H and O–H groups in total. The third-order valence-electron chi connectivity index (χ3n) is 4.16. The van der Waals surface area contributed by atoms with Crippen molar-refractivity contribution in [3.8, 4) is 0 Å². The molecule has 1 aromatic rings. The highest BCUT2D eigenvalue weighted by Gasteiger charge is 2.52. The van der Waals surface area contributed by atoms with Crippen LogP contribution in [0.2, 0.25) is 0 Å². The van der Waals surface area contributed by atoms with Crippen molar-refractivity contribution in [2.75, 3.05) is 0 Å². The van der Waals surface area contributed by atoms with Crippen molar-refractivity contribution in [2.45, 2.75) is 49.5 Å². The lowest BCUT2D eigenvalue weighted by molar-refractivity contribution is -0.231. The molecule has 0 amide bonds. The highest BCUT2D eigenvalue weighted by atomic mass is 32.2. The summed E-state index contributed by atoms with van der Waals surface area (Å²) in [5, 5.41) is 0. The van der Waals surface area contributed by atoms with Gasteiger partial charge in [0.05, 0.1) is 22.8 Å². The molecule has 142 valence electrons. The summed E-state index contributed by atoms with van der Waals surface area (Å²) < 4.78 is 106. The zero-order chi connectivity index (χ0) is 19.0. The average Bonchev–Trinajstić information content (AvgIpc) is 2.45. The largest absolute Gasteiger partial charge is 0.391 e. The number of benzene rings is 1. The molecular weight excluding hydrogens is 374 g/mol. The summed E-state index contributed by atoms with van der Waals surface area (Å²) in [4.78, 5) is -0.309. The Balaban J connectivity index is 2.22. The second kappa shape index (κ2) is 6.79. The van der Waals surface area contributed by atoms with Gasteiger partial charge in [-0.15, -0.1) is 0 Å². The number of rotatable bonds is 3. The van der Waals surface area contributed by atoms with Gasteiger partial charge in [-0.2, -0.15) is 34.8 Å². The lowest BCUT2D eigenvalue weighted by Crippen LogP contribution is -2.41. The number of hydrogen-bond donors (Lipinski definition) is 0. The highest BCUT2D eigenvalue weighted by Crippen LogP contribution is 2.46. The van der Waals surface area contributed by atoms with Crippen LogP contribution < -0.4 is 0 Å². The van der Waals surface area contributed by atoms with Crippen LogP contribution in [0.3, 0.4) is 0 Å². The average molecular weight is 390 g/mol. The van der Waals surface area contributed by atoms with E-state index in [0.717, 1.165) is 5.56 Å². The maximum Gasteiger partial charge on any atom is 0.391 e. The van der Waals surface area contributed by atoms with Gasteiger partial charge < -0.3 is 0 Å². The minimum absolute atomic E-state index is 0.309. The zero-order valence-corrected chi connectivity index (χ0v) is 13.9. The van der Waals surface area contributed by atoms with Gasteiger partial charge in [-0.25, -0.2) is 0 Å². The first-order valence-electron chi connectivity index (χ1n) is 7.42. The molecule has 0 radical (unpaired) electrons. The van der Waals surface area contributed by atoms with Crippen LogP contribution in [0.25, 0.3) is 0 Å². The van der Waals surface area contributed by atoms with Crippen molar-refractivity contribution in [3.63, 3.8) is 0 Å². The van der Waals surface area contributed by atoms with E-state index in [9.17, 15) is 34.8 Å². The molecule has 0 bridgehead atoms. The fourth-order valence-electron chi connectivity index (χ4n) is 2.82. The summed E-state index contributed by atoms with van der Waals surface area (Å²) in [6.45, 7) is 1.69. The fourth-order valence-corrected chi connectivity index (χ4v) is 3.92. The molecule has 1 aliphatic carbocycles. The molecule has 1 fully saturated rings. The Kier molecular flexibility index (Phi) is 5.44. The van der Waals surface area contributed by atoms with Crippen molar-refractivity contribution in [2.24, 2.45) is 11.8 Å². The quantitative estimate of drug-likeness (QED) is 0.559. The summed E-state index contributed by atoms with van der Waals surface area (Å²) in [6.07, 6.45) is -14.1. The van der Waals surface area contributed by atoms with Crippen LogP contribution in [0.15, 0.2) is 29.2 Å². The fraction of sp³-hybridized carbons (Fsp3) is 0.600. The molecule has 0 spiro atoms. The molecule has 3 nitrogen and oxygen atoms in total. The molecule has 1 aromatic carbocycles. The second-order valence-electron chi connectivity index (χ2n) is 6.17. The van der Waals surface area contributed by atoms with E-state index in [0.29, 0.717) is 0 Å². The molecule has 2 atom stereocenters. The van der Waals surface area contributed by atoms with E-state index >= 15 is 0 Å². The first-order chi connectivity index (χ1) is 11.3. The smallest absolute Gasteiger partial charge is 0.263 e. The monoisotopic (exact) mass is 390 g/mol. The number of alkyl halides is 6. The van der Waals surface area contributed by atoms with Crippen molar-refractivity contribution in [3.05, 3.63) is 29.8 Å². The summed E-state index contributed by atoms with van der Waals surface area (Å²) in [6, 6.07) is 5.29. The molecule has 25 heavy (non-hydrogen) atoms.